The summed E-state index contributed by atoms with van der Waals surface area (Å²) in [6.07, 6.45) is 9.91. The average molecular weight is 555 g/mol. The zero-order chi connectivity index (χ0) is 28.9. The Hall–Kier alpha value is -5.28. The Morgan fingerprint density at radius 2 is 1.35 bits per heavy atom. The van der Waals surface area contributed by atoms with Crippen LogP contribution in [0.5, 0.6) is 11.5 Å². The Balaban J connectivity index is 1.45. The van der Waals surface area contributed by atoms with E-state index in [1.165, 1.54) is 11.1 Å². The first-order valence-corrected chi connectivity index (χ1v) is 14.8. The maximum absolute atomic E-state index is 6.69. The lowest BCUT2D eigenvalue weighted by Crippen LogP contribution is -2.47. The zero-order valence-electron chi connectivity index (χ0n) is 23.9. The first-order chi connectivity index (χ1) is 21.2. The predicted molar refractivity (Wildman–Crippen MR) is 174 cm³/mol. The molecule has 0 radical (unpaired) electrons. The van der Waals surface area contributed by atoms with Gasteiger partial charge < -0.3 is 4.74 Å². The average Bonchev–Trinajstić information content (AvgIpc) is 3.07. The van der Waals surface area contributed by atoms with Crippen molar-refractivity contribution in [1.29, 1.82) is 0 Å². The predicted octanol–water partition coefficient (Wildman–Crippen LogP) is 9.93. The molecule has 5 aromatic carbocycles. The van der Waals surface area contributed by atoms with Gasteiger partial charge in [0.15, 0.2) is 5.82 Å². The van der Waals surface area contributed by atoms with Crippen LogP contribution in [0.25, 0.3) is 33.5 Å². The molecule has 1 aromatic heterocycles. The second kappa shape index (κ2) is 9.92. The van der Waals surface area contributed by atoms with Crippen LogP contribution in [0.15, 0.2) is 152 Å². The number of allylic oxidation sites excluding steroid dienone is 4. The smallest absolute Gasteiger partial charge is 0.160 e. The van der Waals surface area contributed by atoms with Crippen molar-refractivity contribution >= 4 is 10.9 Å². The summed E-state index contributed by atoms with van der Waals surface area (Å²) in [6, 6.07) is 44.5. The molecule has 2 atom stereocenters. The number of para-hydroxylation sites is 2. The van der Waals surface area contributed by atoms with Crippen LogP contribution in [0.3, 0.4) is 0 Å². The van der Waals surface area contributed by atoms with E-state index in [9.17, 15) is 0 Å². The quantitative estimate of drug-likeness (QED) is 0.217. The van der Waals surface area contributed by atoms with Gasteiger partial charge in [0.1, 0.15) is 11.5 Å². The molecule has 8 rings (SSSR count). The van der Waals surface area contributed by atoms with Gasteiger partial charge in [-0.15, -0.1) is 0 Å². The lowest BCUT2D eigenvalue weighted by molar-refractivity contribution is 0.261. The summed E-state index contributed by atoms with van der Waals surface area (Å²) >= 11 is 0. The highest BCUT2D eigenvalue weighted by atomic mass is 16.5. The molecule has 0 saturated carbocycles. The Kier molecular flexibility index (Phi) is 5.87. The lowest BCUT2D eigenvalue weighted by Gasteiger charge is -2.52. The van der Waals surface area contributed by atoms with Crippen molar-refractivity contribution < 1.29 is 4.74 Å². The fourth-order valence-electron chi connectivity index (χ4n) is 7.15. The maximum Gasteiger partial charge on any atom is 0.160 e. The van der Waals surface area contributed by atoms with Gasteiger partial charge in [0, 0.05) is 33.1 Å². The van der Waals surface area contributed by atoms with E-state index in [4.69, 9.17) is 14.7 Å². The molecule has 6 aromatic rings. The highest BCUT2D eigenvalue weighted by molar-refractivity contribution is 5.94. The van der Waals surface area contributed by atoms with E-state index in [1.807, 2.05) is 24.3 Å². The summed E-state index contributed by atoms with van der Waals surface area (Å²) in [7, 11) is 0. The number of hydrogen-bond donors (Lipinski definition) is 0. The Morgan fingerprint density at radius 3 is 2.16 bits per heavy atom. The molecule has 0 amide bonds. The molecule has 43 heavy (non-hydrogen) atoms. The molecule has 0 bridgehead atoms. The SMILES string of the molecule is CC1(C2(c3ccccc3)c3ccccc3Oc3ccc(-c4nc(-c5ccccc5)nc5ccccc45)cc32)C=CC=CC1. The van der Waals surface area contributed by atoms with Gasteiger partial charge in [0.25, 0.3) is 0 Å². The number of nitrogens with zero attached hydrogens (tertiary/aromatic N) is 2. The van der Waals surface area contributed by atoms with Crippen LogP contribution in [-0.2, 0) is 5.41 Å². The molecule has 0 saturated heterocycles. The number of fused-ring (bicyclic) bond motifs is 3. The van der Waals surface area contributed by atoms with Crippen LogP contribution in [-0.4, -0.2) is 9.97 Å². The third kappa shape index (κ3) is 3.89. The van der Waals surface area contributed by atoms with Gasteiger partial charge in [-0.2, -0.15) is 0 Å². The van der Waals surface area contributed by atoms with Crippen molar-refractivity contribution in [3.63, 3.8) is 0 Å². The third-order valence-electron chi connectivity index (χ3n) is 9.12. The molecule has 2 unspecified atom stereocenters. The highest BCUT2D eigenvalue weighted by Gasteiger charge is 2.54. The van der Waals surface area contributed by atoms with Crippen molar-refractivity contribution in [1.82, 2.24) is 9.97 Å². The zero-order valence-corrected chi connectivity index (χ0v) is 23.9. The summed E-state index contributed by atoms with van der Waals surface area (Å²) in [5.74, 6) is 2.49. The van der Waals surface area contributed by atoms with Gasteiger partial charge in [-0.1, -0.05) is 128 Å². The second-order valence-electron chi connectivity index (χ2n) is 11.6. The number of ether oxygens (including phenoxy) is 1. The molecule has 1 aliphatic heterocycles. The molecule has 0 spiro atoms. The summed E-state index contributed by atoms with van der Waals surface area (Å²) in [4.78, 5) is 10.2. The largest absolute Gasteiger partial charge is 0.457 e. The molecular weight excluding hydrogens is 524 g/mol. The van der Waals surface area contributed by atoms with Gasteiger partial charge in [-0.3, -0.25) is 0 Å². The van der Waals surface area contributed by atoms with E-state index in [1.54, 1.807) is 0 Å². The summed E-state index contributed by atoms with van der Waals surface area (Å²) in [5.41, 5.74) is 6.65. The van der Waals surface area contributed by atoms with Crippen LogP contribution in [0.4, 0.5) is 0 Å². The highest BCUT2D eigenvalue weighted by Crippen LogP contribution is 2.62. The van der Waals surface area contributed by atoms with Gasteiger partial charge in [0.05, 0.1) is 16.6 Å². The molecule has 2 heterocycles. The summed E-state index contributed by atoms with van der Waals surface area (Å²) in [6.45, 7) is 2.38. The van der Waals surface area contributed by atoms with E-state index in [-0.39, 0.29) is 5.41 Å². The maximum atomic E-state index is 6.69. The molecule has 206 valence electrons. The van der Waals surface area contributed by atoms with Gasteiger partial charge in [0.2, 0.25) is 0 Å². The van der Waals surface area contributed by atoms with E-state index < -0.39 is 5.41 Å². The minimum atomic E-state index is -0.513. The summed E-state index contributed by atoms with van der Waals surface area (Å²) < 4.78 is 6.69. The van der Waals surface area contributed by atoms with Crippen molar-refractivity contribution in [2.24, 2.45) is 5.41 Å². The number of hydrogen-bond acceptors (Lipinski definition) is 3. The van der Waals surface area contributed by atoms with Crippen molar-refractivity contribution in [3.8, 4) is 34.1 Å². The Bertz CT molecular complexity index is 2050. The van der Waals surface area contributed by atoms with E-state index in [2.05, 4.69) is 134 Å². The molecule has 1 aliphatic carbocycles. The van der Waals surface area contributed by atoms with Crippen LogP contribution in [0, 0.1) is 5.41 Å². The van der Waals surface area contributed by atoms with Crippen LogP contribution < -0.4 is 4.74 Å². The summed E-state index contributed by atoms with van der Waals surface area (Å²) in [5, 5.41) is 1.02. The number of rotatable bonds is 4. The van der Waals surface area contributed by atoms with Crippen molar-refractivity contribution in [2.75, 3.05) is 0 Å². The molecule has 0 fully saturated rings. The molecule has 2 aliphatic rings. The third-order valence-corrected chi connectivity index (χ3v) is 9.12. The monoisotopic (exact) mass is 554 g/mol. The van der Waals surface area contributed by atoms with Crippen molar-refractivity contribution in [2.45, 2.75) is 18.8 Å². The molecule has 0 N–H and O–H groups in total. The van der Waals surface area contributed by atoms with Crippen LogP contribution in [0.1, 0.15) is 30.0 Å². The fourth-order valence-corrected chi connectivity index (χ4v) is 7.15. The first-order valence-electron chi connectivity index (χ1n) is 14.8. The van der Waals surface area contributed by atoms with Gasteiger partial charge >= 0.3 is 0 Å². The molecule has 3 heteroatoms. The number of benzene rings is 5. The lowest BCUT2D eigenvalue weighted by atomic mass is 9.51. The van der Waals surface area contributed by atoms with Crippen LogP contribution >= 0.6 is 0 Å². The fraction of sp³-hybridized carbons (Fsp3) is 0.100. The Morgan fingerprint density at radius 1 is 0.628 bits per heavy atom. The van der Waals surface area contributed by atoms with Crippen LogP contribution in [0.2, 0.25) is 0 Å². The topological polar surface area (TPSA) is 35.0 Å². The van der Waals surface area contributed by atoms with Gasteiger partial charge in [-0.25, -0.2) is 9.97 Å². The standard InChI is InChI=1S/C40H30N2O/c1-39(25-13-4-14-26-39)40(30-17-7-3-8-18-30)32-20-10-12-22-35(32)43-36-24-23-29(27-33(36)40)37-31-19-9-11-21-34(31)41-38(42-37)28-15-5-2-6-16-28/h2-25,27H,26H2,1H3. The van der Waals surface area contributed by atoms with E-state index in [0.717, 1.165) is 57.0 Å². The van der Waals surface area contributed by atoms with Crippen molar-refractivity contribution in [3.05, 3.63) is 168 Å². The minimum Gasteiger partial charge on any atom is -0.457 e. The first kappa shape index (κ1) is 25.4. The Labute approximate surface area is 251 Å². The number of aromatic nitrogens is 2. The minimum absolute atomic E-state index is 0.265. The second-order valence-corrected chi connectivity index (χ2v) is 11.6. The molecule has 3 nitrogen and oxygen atoms in total. The van der Waals surface area contributed by atoms with E-state index >= 15 is 0 Å². The molecular formula is C40H30N2O. The van der Waals surface area contributed by atoms with E-state index in [0.29, 0.717) is 0 Å². The van der Waals surface area contributed by atoms with Gasteiger partial charge in [-0.05, 0) is 42.3 Å². The normalized spacial score (nSPS) is 20.3.